The molecule has 0 radical (unpaired) electrons. The van der Waals surface area contributed by atoms with Crippen LogP contribution < -0.4 is 10.5 Å². The summed E-state index contributed by atoms with van der Waals surface area (Å²) in [6.07, 6.45) is 0. The van der Waals surface area contributed by atoms with Crippen LogP contribution in [0.25, 0.3) is 0 Å². The molecule has 0 spiro atoms. The van der Waals surface area contributed by atoms with Crippen LogP contribution in [0.15, 0.2) is 40.0 Å². The molecule has 0 fully saturated rings. The molecule has 0 aliphatic heterocycles. The van der Waals surface area contributed by atoms with Gasteiger partial charge in [0.1, 0.15) is 11.5 Å². The van der Waals surface area contributed by atoms with Crippen molar-refractivity contribution in [1.29, 1.82) is 0 Å². The fourth-order valence-electron chi connectivity index (χ4n) is 2.11. The minimum atomic E-state index is -0.000460. The van der Waals surface area contributed by atoms with Crippen LogP contribution in [0.4, 0.5) is 0 Å². The average Bonchev–Trinajstić information content (AvgIpc) is 2.43. The summed E-state index contributed by atoms with van der Waals surface area (Å²) >= 11 is 3.40. The van der Waals surface area contributed by atoms with E-state index < -0.39 is 0 Å². The average molecular weight is 349 g/mol. The number of hydrogen-bond acceptors (Lipinski definition) is 3. The molecule has 0 aliphatic rings. The second-order valence-corrected chi connectivity index (χ2v) is 5.76. The van der Waals surface area contributed by atoms with Gasteiger partial charge in [-0.2, -0.15) is 0 Å². The Bertz CT molecular complexity index is 712. The molecule has 0 saturated carbocycles. The van der Waals surface area contributed by atoms with Crippen molar-refractivity contribution in [1.82, 2.24) is 0 Å². The summed E-state index contributed by atoms with van der Waals surface area (Å²) in [7, 11) is 0. The highest BCUT2D eigenvalue weighted by atomic mass is 79.9. The number of oxime groups is 1. The first-order valence-corrected chi connectivity index (χ1v) is 7.25. The Morgan fingerprint density at radius 3 is 2.57 bits per heavy atom. The molecule has 0 atom stereocenters. The van der Waals surface area contributed by atoms with E-state index in [0.29, 0.717) is 15.8 Å². The van der Waals surface area contributed by atoms with Gasteiger partial charge < -0.3 is 15.7 Å². The maximum atomic E-state index is 8.93. The molecule has 110 valence electrons. The van der Waals surface area contributed by atoms with Gasteiger partial charge in [0.25, 0.3) is 0 Å². The highest BCUT2D eigenvalue weighted by Gasteiger charge is 2.14. The predicted octanol–water partition coefficient (Wildman–Crippen LogP) is 4.26. The standard InChI is InChI=1S/C16H17BrN2O2/c1-9-7-10(2)11(3)14(8-9)21-13-6-4-5-12(17)15(13)16(18)19-20/h4-8,20H,1-3H3,(H2,18,19). The first-order chi connectivity index (χ1) is 9.93. The summed E-state index contributed by atoms with van der Waals surface area (Å²) in [4.78, 5) is 0. The summed E-state index contributed by atoms with van der Waals surface area (Å²) in [6, 6.07) is 9.52. The SMILES string of the molecule is Cc1cc(C)c(C)c(Oc2cccc(Br)c2/C(N)=N/O)c1. The molecule has 0 aromatic heterocycles. The lowest BCUT2D eigenvalue weighted by Crippen LogP contribution is -2.15. The van der Waals surface area contributed by atoms with E-state index in [1.165, 1.54) is 0 Å². The van der Waals surface area contributed by atoms with E-state index in [4.69, 9.17) is 15.7 Å². The van der Waals surface area contributed by atoms with E-state index in [2.05, 4.69) is 27.2 Å². The van der Waals surface area contributed by atoms with Gasteiger partial charge in [-0.15, -0.1) is 0 Å². The number of nitrogens with zero attached hydrogens (tertiary/aromatic N) is 1. The number of amidine groups is 1. The zero-order valence-electron chi connectivity index (χ0n) is 12.1. The second-order valence-electron chi connectivity index (χ2n) is 4.91. The van der Waals surface area contributed by atoms with Gasteiger partial charge in [0.05, 0.1) is 5.56 Å². The monoisotopic (exact) mass is 348 g/mol. The molecule has 2 rings (SSSR count). The smallest absolute Gasteiger partial charge is 0.175 e. The van der Waals surface area contributed by atoms with Crippen LogP contribution >= 0.6 is 15.9 Å². The molecule has 0 saturated heterocycles. The van der Waals surface area contributed by atoms with Crippen molar-refractivity contribution in [2.24, 2.45) is 10.9 Å². The highest BCUT2D eigenvalue weighted by molar-refractivity contribution is 9.10. The largest absolute Gasteiger partial charge is 0.456 e. The van der Waals surface area contributed by atoms with Gasteiger partial charge in [0, 0.05) is 4.47 Å². The number of hydrogen-bond donors (Lipinski definition) is 2. The van der Waals surface area contributed by atoms with Crippen LogP contribution in [0, 0.1) is 20.8 Å². The van der Waals surface area contributed by atoms with E-state index in [9.17, 15) is 0 Å². The van der Waals surface area contributed by atoms with Crippen molar-refractivity contribution in [2.45, 2.75) is 20.8 Å². The van der Waals surface area contributed by atoms with Crippen molar-refractivity contribution in [3.05, 3.63) is 57.1 Å². The lowest BCUT2D eigenvalue weighted by Gasteiger charge is -2.15. The highest BCUT2D eigenvalue weighted by Crippen LogP contribution is 2.33. The zero-order valence-corrected chi connectivity index (χ0v) is 13.7. The number of ether oxygens (including phenoxy) is 1. The van der Waals surface area contributed by atoms with Crippen molar-refractivity contribution in [3.8, 4) is 11.5 Å². The van der Waals surface area contributed by atoms with Gasteiger partial charge in [-0.1, -0.05) is 17.3 Å². The van der Waals surface area contributed by atoms with Crippen LogP contribution in [0.5, 0.6) is 11.5 Å². The minimum absolute atomic E-state index is 0.000460. The summed E-state index contributed by atoms with van der Waals surface area (Å²) in [5.41, 5.74) is 9.60. The number of rotatable bonds is 3. The third kappa shape index (κ3) is 3.19. The van der Waals surface area contributed by atoms with Crippen LogP contribution in [0.3, 0.4) is 0 Å². The molecule has 0 amide bonds. The summed E-state index contributed by atoms with van der Waals surface area (Å²) in [5.74, 6) is 1.30. The molecule has 0 unspecified atom stereocenters. The topological polar surface area (TPSA) is 67.8 Å². The molecule has 0 aliphatic carbocycles. The molecular weight excluding hydrogens is 332 g/mol. The van der Waals surface area contributed by atoms with Gasteiger partial charge in [0.2, 0.25) is 0 Å². The number of benzene rings is 2. The predicted molar refractivity (Wildman–Crippen MR) is 87.4 cm³/mol. The number of nitrogens with two attached hydrogens (primary N) is 1. The molecule has 2 aromatic rings. The summed E-state index contributed by atoms with van der Waals surface area (Å²) < 4.78 is 6.71. The van der Waals surface area contributed by atoms with Crippen LogP contribution in [-0.2, 0) is 0 Å². The first kappa shape index (κ1) is 15.4. The van der Waals surface area contributed by atoms with Crippen LogP contribution in [0.2, 0.25) is 0 Å². The fraction of sp³-hybridized carbons (Fsp3) is 0.188. The maximum absolute atomic E-state index is 8.93. The van der Waals surface area contributed by atoms with E-state index >= 15 is 0 Å². The minimum Gasteiger partial charge on any atom is -0.456 e. The normalized spacial score (nSPS) is 11.5. The van der Waals surface area contributed by atoms with Crippen LogP contribution in [-0.4, -0.2) is 11.0 Å². The molecule has 2 aromatic carbocycles. The summed E-state index contributed by atoms with van der Waals surface area (Å²) in [5, 5.41) is 12.0. The van der Waals surface area contributed by atoms with E-state index in [1.54, 1.807) is 6.07 Å². The Balaban J connectivity index is 2.53. The van der Waals surface area contributed by atoms with Crippen molar-refractivity contribution in [2.75, 3.05) is 0 Å². The van der Waals surface area contributed by atoms with Gasteiger partial charge in [-0.05, 0) is 71.6 Å². The lowest BCUT2D eigenvalue weighted by atomic mass is 10.1. The van der Waals surface area contributed by atoms with Gasteiger partial charge in [-0.3, -0.25) is 0 Å². The van der Waals surface area contributed by atoms with E-state index in [1.807, 2.05) is 39.0 Å². The molecule has 0 heterocycles. The van der Waals surface area contributed by atoms with Gasteiger partial charge >= 0.3 is 0 Å². The Kier molecular flexibility index (Phi) is 4.53. The quantitative estimate of drug-likeness (QED) is 0.377. The fourth-order valence-corrected chi connectivity index (χ4v) is 2.66. The van der Waals surface area contributed by atoms with Crippen molar-refractivity contribution >= 4 is 21.8 Å². The number of aryl methyl sites for hydroxylation is 2. The third-order valence-corrected chi connectivity index (χ3v) is 3.98. The molecular formula is C16H17BrN2O2. The van der Waals surface area contributed by atoms with E-state index in [-0.39, 0.29) is 5.84 Å². The molecule has 4 nitrogen and oxygen atoms in total. The molecule has 5 heteroatoms. The zero-order chi connectivity index (χ0) is 15.6. The van der Waals surface area contributed by atoms with Gasteiger partial charge in [0.15, 0.2) is 5.84 Å². The first-order valence-electron chi connectivity index (χ1n) is 6.46. The van der Waals surface area contributed by atoms with Crippen molar-refractivity contribution < 1.29 is 9.94 Å². The molecule has 3 N–H and O–H groups in total. The Labute approximate surface area is 132 Å². The van der Waals surface area contributed by atoms with Crippen LogP contribution in [0.1, 0.15) is 22.3 Å². The Morgan fingerprint density at radius 2 is 1.90 bits per heavy atom. The maximum Gasteiger partial charge on any atom is 0.175 e. The molecule has 21 heavy (non-hydrogen) atoms. The Morgan fingerprint density at radius 1 is 1.19 bits per heavy atom. The van der Waals surface area contributed by atoms with Gasteiger partial charge in [-0.25, -0.2) is 0 Å². The molecule has 0 bridgehead atoms. The van der Waals surface area contributed by atoms with Crippen molar-refractivity contribution in [3.63, 3.8) is 0 Å². The van der Waals surface area contributed by atoms with E-state index in [0.717, 1.165) is 22.4 Å². The Hall–Kier alpha value is -2.01. The third-order valence-electron chi connectivity index (χ3n) is 3.32. The second kappa shape index (κ2) is 6.18. The summed E-state index contributed by atoms with van der Waals surface area (Å²) in [6.45, 7) is 6.07. The lowest BCUT2D eigenvalue weighted by molar-refractivity contribution is 0.318. The number of halogens is 1.